The molecule has 0 spiro atoms. The van der Waals surface area contributed by atoms with Crippen LogP contribution >= 0.6 is 11.8 Å². The average Bonchev–Trinajstić information content (AvgIpc) is 2.38. The van der Waals surface area contributed by atoms with E-state index >= 15 is 0 Å². The number of rotatable bonds is 4. The lowest BCUT2D eigenvalue weighted by Crippen LogP contribution is -2.22. The van der Waals surface area contributed by atoms with Gasteiger partial charge in [-0.3, -0.25) is 4.79 Å². The van der Waals surface area contributed by atoms with E-state index in [9.17, 15) is 4.79 Å². The van der Waals surface area contributed by atoms with Crippen molar-refractivity contribution in [2.45, 2.75) is 24.3 Å². The van der Waals surface area contributed by atoms with Crippen molar-refractivity contribution in [3.8, 4) is 0 Å². The van der Waals surface area contributed by atoms with Crippen LogP contribution in [0.15, 0.2) is 35.7 Å². The van der Waals surface area contributed by atoms with Gasteiger partial charge in [-0.1, -0.05) is 23.9 Å². The fourth-order valence-corrected chi connectivity index (χ4v) is 2.26. The minimum Gasteiger partial charge on any atom is -0.368 e. The van der Waals surface area contributed by atoms with Gasteiger partial charge >= 0.3 is 0 Å². The molecule has 2 rings (SSSR count). The zero-order valence-corrected chi connectivity index (χ0v) is 12.0. The van der Waals surface area contributed by atoms with Crippen LogP contribution in [0.1, 0.15) is 12.5 Å². The number of amides is 1. The maximum absolute atomic E-state index is 12.1. The lowest BCUT2D eigenvalue weighted by Gasteiger charge is -2.11. The minimum atomic E-state index is -0.336. The molecule has 20 heavy (non-hydrogen) atoms. The van der Waals surface area contributed by atoms with Crippen LogP contribution in [0, 0.1) is 6.92 Å². The van der Waals surface area contributed by atoms with Crippen molar-refractivity contribution >= 4 is 29.3 Å². The fraction of sp³-hybridized carbons (Fsp3) is 0.231. The van der Waals surface area contributed by atoms with E-state index in [-0.39, 0.29) is 17.1 Å². The molecule has 6 nitrogen and oxygen atoms in total. The van der Waals surface area contributed by atoms with Crippen LogP contribution in [0.4, 0.5) is 11.6 Å². The first kappa shape index (κ1) is 14.3. The van der Waals surface area contributed by atoms with Crippen LogP contribution in [-0.4, -0.2) is 26.1 Å². The highest BCUT2D eigenvalue weighted by Crippen LogP contribution is 2.20. The largest absolute Gasteiger partial charge is 0.368 e. The third kappa shape index (κ3) is 3.92. The van der Waals surface area contributed by atoms with Gasteiger partial charge < -0.3 is 11.1 Å². The topological polar surface area (TPSA) is 93.8 Å². The number of aromatic nitrogens is 3. The molecule has 1 aromatic heterocycles. The zero-order valence-electron chi connectivity index (χ0n) is 11.2. The molecule has 7 heteroatoms. The van der Waals surface area contributed by atoms with Crippen molar-refractivity contribution in [2.24, 2.45) is 0 Å². The third-order valence-electron chi connectivity index (χ3n) is 2.51. The van der Waals surface area contributed by atoms with Gasteiger partial charge in [0, 0.05) is 5.69 Å². The van der Waals surface area contributed by atoms with Crippen molar-refractivity contribution in [2.75, 3.05) is 11.1 Å². The molecule has 104 valence electrons. The molecule has 1 aromatic carbocycles. The number of nitrogens with one attached hydrogen (secondary N) is 1. The van der Waals surface area contributed by atoms with E-state index in [1.54, 1.807) is 6.92 Å². The van der Waals surface area contributed by atoms with E-state index < -0.39 is 0 Å². The van der Waals surface area contributed by atoms with Gasteiger partial charge in [0.25, 0.3) is 0 Å². The first-order chi connectivity index (χ1) is 9.54. The standard InChI is InChI=1S/C13H15N5OS/c1-8-4-3-5-10(6-8)17-11(19)9(2)20-13-16-7-15-12(14)18-13/h3-7,9H,1-2H3,(H,17,19)(H2,14,15,16,18). The number of nitrogens with zero attached hydrogens (tertiary/aromatic N) is 3. The van der Waals surface area contributed by atoms with Gasteiger partial charge in [0.15, 0.2) is 5.16 Å². The predicted octanol–water partition coefficient (Wildman–Crippen LogP) is 1.88. The van der Waals surface area contributed by atoms with E-state index in [0.717, 1.165) is 11.3 Å². The number of nitrogen functional groups attached to an aromatic ring is 1. The molecule has 0 radical (unpaired) electrons. The number of hydrogen-bond donors (Lipinski definition) is 2. The Morgan fingerprint density at radius 3 is 2.90 bits per heavy atom. The summed E-state index contributed by atoms with van der Waals surface area (Å²) in [5.74, 6) is 0.0355. The Morgan fingerprint density at radius 2 is 2.20 bits per heavy atom. The van der Waals surface area contributed by atoms with Gasteiger partial charge in [-0.2, -0.15) is 4.98 Å². The highest BCUT2D eigenvalue weighted by Gasteiger charge is 2.16. The van der Waals surface area contributed by atoms with E-state index in [0.29, 0.717) is 5.16 Å². The second kappa shape index (κ2) is 6.33. The summed E-state index contributed by atoms with van der Waals surface area (Å²) in [6, 6.07) is 7.64. The lowest BCUT2D eigenvalue weighted by atomic mass is 10.2. The number of carbonyl (C=O) groups excluding carboxylic acids is 1. The summed E-state index contributed by atoms with van der Waals surface area (Å²) in [5, 5.41) is 2.95. The van der Waals surface area contributed by atoms with Crippen molar-refractivity contribution in [1.82, 2.24) is 15.0 Å². The molecule has 2 aromatic rings. The van der Waals surface area contributed by atoms with Crippen LogP contribution in [0.3, 0.4) is 0 Å². The van der Waals surface area contributed by atoms with Gasteiger partial charge in [0.1, 0.15) is 6.33 Å². The quantitative estimate of drug-likeness (QED) is 0.835. The normalized spacial score (nSPS) is 11.9. The lowest BCUT2D eigenvalue weighted by molar-refractivity contribution is -0.115. The van der Waals surface area contributed by atoms with Gasteiger partial charge in [0.05, 0.1) is 5.25 Å². The molecule has 0 aliphatic carbocycles. The summed E-state index contributed by atoms with van der Waals surface area (Å²) in [6.45, 7) is 3.76. The Balaban J connectivity index is 1.98. The number of carbonyl (C=O) groups is 1. The number of aryl methyl sites for hydroxylation is 1. The number of nitrogens with two attached hydrogens (primary N) is 1. The third-order valence-corrected chi connectivity index (χ3v) is 3.48. The van der Waals surface area contributed by atoms with Crippen molar-refractivity contribution in [3.05, 3.63) is 36.2 Å². The van der Waals surface area contributed by atoms with Gasteiger partial charge in [-0.05, 0) is 31.5 Å². The first-order valence-electron chi connectivity index (χ1n) is 6.03. The van der Waals surface area contributed by atoms with E-state index in [1.807, 2.05) is 31.2 Å². The minimum absolute atomic E-state index is 0.111. The molecule has 1 amide bonds. The molecule has 1 unspecified atom stereocenters. The molecule has 3 N–H and O–H groups in total. The highest BCUT2D eigenvalue weighted by atomic mass is 32.2. The summed E-state index contributed by atoms with van der Waals surface area (Å²) in [6.07, 6.45) is 1.33. The molecule has 0 saturated heterocycles. The van der Waals surface area contributed by atoms with Crippen molar-refractivity contribution in [3.63, 3.8) is 0 Å². The molecule has 0 fully saturated rings. The zero-order chi connectivity index (χ0) is 14.5. The molecular weight excluding hydrogens is 274 g/mol. The van der Waals surface area contributed by atoms with Gasteiger partial charge in [-0.15, -0.1) is 0 Å². The van der Waals surface area contributed by atoms with Crippen molar-refractivity contribution in [1.29, 1.82) is 0 Å². The fourth-order valence-electron chi connectivity index (χ4n) is 1.53. The van der Waals surface area contributed by atoms with Crippen LogP contribution in [0.25, 0.3) is 0 Å². The molecule has 0 aliphatic heterocycles. The monoisotopic (exact) mass is 289 g/mol. The Kier molecular flexibility index (Phi) is 4.52. The number of anilines is 2. The second-order valence-corrected chi connectivity index (χ2v) is 5.55. The Morgan fingerprint density at radius 1 is 1.40 bits per heavy atom. The molecular formula is C13H15N5OS. The smallest absolute Gasteiger partial charge is 0.237 e. The summed E-state index contributed by atoms with van der Waals surface area (Å²) >= 11 is 1.24. The number of thioether (sulfide) groups is 1. The second-order valence-electron chi connectivity index (χ2n) is 4.25. The Labute approximate surface area is 121 Å². The summed E-state index contributed by atoms with van der Waals surface area (Å²) in [4.78, 5) is 23.7. The summed E-state index contributed by atoms with van der Waals surface area (Å²) in [5.41, 5.74) is 7.34. The predicted molar refractivity (Wildman–Crippen MR) is 79.4 cm³/mol. The molecule has 0 bridgehead atoms. The van der Waals surface area contributed by atoms with Crippen LogP contribution in [-0.2, 0) is 4.79 Å². The maximum Gasteiger partial charge on any atom is 0.237 e. The molecule has 1 atom stereocenters. The summed E-state index contributed by atoms with van der Waals surface area (Å²) in [7, 11) is 0. The van der Waals surface area contributed by atoms with Crippen LogP contribution < -0.4 is 11.1 Å². The highest BCUT2D eigenvalue weighted by molar-refractivity contribution is 8.00. The van der Waals surface area contributed by atoms with Crippen molar-refractivity contribution < 1.29 is 4.79 Å². The molecule has 0 saturated carbocycles. The average molecular weight is 289 g/mol. The van der Waals surface area contributed by atoms with E-state index in [1.165, 1.54) is 18.1 Å². The van der Waals surface area contributed by atoms with Crippen LogP contribution in [0.2, 0.25) is 0 Å². The Hall–Kier alpha value is -2.15. The summed E-state index contributed by atoms with van der Waals surface area (Å²) < 4.78 is 0. The number of hydrogen-bond acceptors (Lipinski definition) is 6. The van der Waals surface area contributed by atoms with Gasteiger partial charge in [-0.25, -0.2) is 9.97 Å². The van der Waals surface area contributed by atoms with Crippen LogP contribution in [0.5, 0.6) is 0 Å². The number of benzene rings is 1. The Bertz CT molecular complexity index is 619. The molecule has 0 aliphatic rings. The first-order valence-corrected chi connectivity index (χ1v) is 6.91. The maximum atomic E-state index is 12.1. The van der Waals surface area contributed by atoms with E-state index in [2.05, 4.69) is 20.3 Å². The molecule has 1 heterocycles. The van der Waals surface area contributed by atoms with Gasteiger partial charge in [0.2, 0.25) is 11.9 Å². The van der Waals surface area contributed by atoms with E-state index in [4.69, 9.17) is 5.73 Å². The SMILES string of the molecule is Cc1cccc(NC(=O)C(C)Sc2ncnc(N)n2)c1.